The average Bonchev–Trinajstić information content (AvgIpc) is 2.82. The van der Waals surface area contributed by atoms with Crippen molar-refractivity contribution in [3.63, 3.8) is 0 Å². The van der Waals surface area contributed by atoms with Crippen LogP contribution < -0.4 is 21.9 Å². The molecule has 2 fully saturated rings. The average molecular weight is 439 g/mol. The molecule has 0 aliphatic heterocycles. The van der Waals surface area contributed by atoms with Gasteiger partial charge in [-0.05, 0) is 62.8 Å². The third kappa shape index (κ3) is 5.31. The summed E-state index contributed by atoms with van der Waals surface area (Å²) in [5, 5.41) is 6.30. The number of amides is 1. The Morgan fingerprint density at radius 2 is 1.62 bits per heavy atom. The molecule has 0 bridgehead atoms. The first-order valence-corrected chi connectivity index (χ1v) is 12.0. The predicted octanol–water partition coefficient (Wildman–Crippen LogP) is 3.90. The van der Waals surface area contributed by atoms with Gasteiger partial charge in [0.05, 0.1) is 0 Å². The van der Waals surface area contributed by atoms with Gasteiger partial charge in [0.2, 0.25) is 0 Å². The zero-order valence-electron chi connectivity index (χ0n) is 18.8. The Labute approximate surface area is 188 Å². The van der Waals surface area contributed by atoms with E-state index in [1.54, 1.807) is 0 Å². The molecule has 1 aromatic heterocycles. The van der Waals surface area contributed by atoms with Crippen LogP contribution in [-0.4, -0.2) is 28.0 Å². The van der Waals surface area contributed by atoms with Gasteiger partial charge in [0, 0.05) is 12.1 Å². The molecule has 172 valence electrons. The van der Waals surface area contributed by atoms with Crippen molar-refractivity contribution in [3.8, 4) is 0 Å². The molecule has 2 saturated carbocycles. The zero-order chi connectivity index (χ0) is 22.5. The van der Waals surface area contributed by atoms with Crippen molar-refractivity contribution < 1.29 is 4.79 Å². The summed E-state index contributed by atoms with van der Waals surface area (Å²) in [7, 11) is 0. The summed E-state index contributed by atoms with van der Waals surface area (Å²) in [6, 6.07) is 10.6. The molecule has 0 spiro atoms. The second kappa shape index (κ2) is 10.2. The summed E-state index contributed by atoms with van der Waals surface area (Å²) in [6.07, 6.45) is 9.62. The molecule has 4 N–H and O–H groups in total. The van der Waals surface area contributed by atoms with Crippen LogP contribution in [0.25, 0.3) is 0 Å². The molecule has 0 radical (unpaired) electrons. The quantitative estimate of drug-likeness (QED) is 0.549. The maximum absolute atomic E-state index is 13.1. The highest BCUT2D eigenvalue weighted by molar-refractivity contribution is 5.97. The van der Waals surface area contributed by atoms with Gasteiger partial charge in [-0.3, -0.25) is 14.6 Å². The fourth-order valence-corrected chi connectivity index (χ4v) is 5.33. The summed E-state index contributed by atoms with van der Waals surface area (Å²) < 4.78 is 0. The Kier molecular flexibility index (Phi) is 7.12. The Morgan fingerprint density at radius 3 is 2.31 bits per heavy atom. The second-order valence-corrected chi connectivity index (χ2v) is 9.42. The fourth-order valence-electron chi connectivity index (χ4n) is 5.33. The van der Waals surface area contributed by atoms with Crippen LogP contribution in [0.4, 0.5) is 5.69 Å². The lowest BCUT2D eigenvalue weighted by Crippen LogP contribution is -2.41. The predicted molar refractivity (Wildman–Crippen MR) is 126 cm³/mol. The number of aromatic amines is 2. The van der Waals surface area contributed by atoms with Gasteiger partial charge in [0.15, 0.2) is 0 Å². The number of aromatic nitrogens is 2. The van der Waals surface area contributed by atoms with Crippen molar-refractivity contribution in [1.29, 1.82) is 0 Å². The fraction of sp³-hybridized carbons (Fsp3) is 0.560. The lowest BCUT2D eigenvalue weighted by Gasteiger charge is -2.30. The Bertz CT molecular complexity index is 1020. The van der Waals surface area contributed by atoms with Gasteiger partial charge < -0.3 is 15.6 Å². The van der Waals surface area contributed by atoms with Crippen LogP contribution in [0.3, 0.4) is 0 Å². The molecule has 0 saturated heterocycles. The number of hydrogen-bond acceptors (Lipinski definition) is 4. The molecule has 1 heterocycles. The van der Waals surface area contributed by atoms with Gasteiger partial charge in [-0.2, -0.15) is 0 Å². The maximum Gasteiger partial charge on any atom is 0.326 e. The zero-order valence-corrected chi connectivity index (χ0v) is 18.8. The van der Waals surface area contributed by atoms with Crippen LogP contribution >= 0.6 is 0 Å². The molecule has 4 rings (SSSR count). The molecule has 2 aliphatic rings. The van der Waals surface area contributed by atoms with E-state index in [4.69, 9.17) is 0 Å². The van der Waals surface area contributed by atoms with E-state index >= 15 is 0 Å². The van der Waals surface area contributed by atoms with Crippen LogP contribution in [-0.2, 0) is 0 Å². The lowest BCUT2D eigenvalue weighted by molar-refractivity contribution is 0.0921. The van der Waals surface area contributed by atoms with E-state index in [9.17, 15) is 14.4 Å². The molecule has 1 amide bonds. The smallest absolute Gasteiger partial charge is 0.326 e. The number of carbonyl (C=O) groups is 1. The second-order valence-electron chi connectivity index (χ2n) is 9.42. The van der Waals surface area contributed by atoms with Gasteiger partial charge in [-0.1, -0.05) is 49.6 Å². The number of carbonyl (C=O) groups excluding carboxylic acids is 1. The molecule has 2 aromatic rings. The Balaban J connectivity index is 1.43. The maximum atomic E-state index is 13.1. The van der Waals surface area contributed by atoms with Crippen molar-refractivity contribution in [3.05, 3.63) is 62.4 Å². The molecule has 32 heavy (non-hydrogen) atoms. The minimum absolute atomic E-state index is 0.0339. The van der Waals surface area contributed by atoms with Gasteiger partial charge in [0.25, 0.3) is 11.5 Å². The molecule has 2 aliphatic carbocycles. The van der Waals surface area contributed by atoms with E-state index in [1.165, 1.54) is 24.8 Å². The highest BCUT2D eigenvalue weighted by Gasteiger charge is 2.27. The van der Waals surface area contributed by atoms with Crippen molar-refractivity contribution in [2.75, 3.05) is 5.32 Å². The molecule has 0 unspecified atom stereocenters. The van der Waals surface area contributed by atoms with E-state index in [0.29, 0.717) is 11.8 Å². The minimum atomic E-state index is -0.663. The summed E-state index contributed by atoms with van der Waals surface area (Å²) in [5.74, 6) is 0.575. The first-order chi connectivity index (χ1) is 15.5. The first-order valence-electron chi connectivity index (χ1n) is 12.0. The number of rotatable bonds is 6. The molecular formula is C25H34N4O3. The lowest BCUT2D eigenvalue weighted by atomic mass is 9.82. The van der Waals surface area contributed by atoms with Gasteiger partial charge >= 0.3 is 5.69 Å². The molecule has 7 nitrogen and oxygen atoms in total. The van der Waals surface area contributed by atoms with E-state index in [-0.39, 0.29) is 23.5 Å². The van der Waals surface area contributed by atoms with Crippen molar-refractivity contribution in [1.82, 2.24) is 15.3 Å². The Morgan fingerprint density at radius 1 is 0.938 bits per heavy atom. The summed E-state index contributed by atoms with van der Waals surface area (Å²) in [6.45, 7) is 2.05. The van der Waals surface area contributed by atoms with Crippen molar-refractivity contribution in [2.45, 2.75) is 82.7 Å². The highest BCUT2D eigenvalue weighted by atomic mass is 16.2. The van der Waals surface area contributed by atoms with Crippen LogP contribution in [0, 0.1) is 5.92 Å². The van der Waals surface area contributed by atoms with Crippen LogP contribution in [0.1, 0.15) is 86.7 Å². The van der Waals surface area contributed by atoms with E-state index < -0.39 is 17.2 Å². The number of anilines is 1. The highest BCUT2D eigenvalue weighted by Crippen LogP contribution is 2.33. The first kappa shape index (κ1) is 22.4. The standard InChI is InChI=1S/C25H34N4O3/c1-16(17-8-4-2-5-9-17)26-21-22(28-25(32)29-24(21)31)23(30)27-20-14-12-19(13-15-20)18-10-6-3-7-11-18/h3,6-7,10-11,16-17,19-20,26H,2,4-5,8-9,12-15H2,1H3,(H,27,30)(H2,28,29,31,32)/t16-,19?,20?/m0/s1. The van der Waals surface area contributed by atoms with Gasteiger partial charge in [-0.15, -0.1) is 0 Å². The number of hydrogen-bond donors (Lipinski definition) is 4. The summed E-state index contributed by atoms with van der Waals surface area (Å²) in [5.41, 5.74) is 0.335. The molecular weight excluding hydrogens is 404 g/mol. The van der Waals surface area contributed by atoms with Gasteiger partial charge in [-0.25, -0.2) is 4.79 Å². The van der Waals surface area contributed by atoms with E-state index in [0.717, 1.165) is 38.5 Å². The molecule has 1 atom stereocenters. The SMILES string of the molecule is C[C@H](Nc1c(C(=O)NC2CCC(c3ccccc3)CC2)[nH]c(=O)[nH]c1=O)C1CCCCC1. The van der Waals surface area contributed by atoms with Crippen molar-refractivity contribution in [2.24, 2.45) is 5.92 Å². The van der Waals surface area contributed by atoms with Crippen LogP contribution in [0.15, 0.2) is 39.9 Å². The third-order valence-corrected chi connectivity index (χ3v) is 7.23. The molecule has 1 aromatic carbocycles. The van der Waals surface area contributed by atoms with E-state index in [2.05, 4.69) is 44.9 Å². The van der Waals surface area contributed by atoms with E-state index in [1.807, 2.05) is 13.0 Å². The topological polar surface area (TPSA) is 107 Å². The molecule has 7 heteroatoms. The summed E-state index contributed by atoms with van der Waals surface area (Å²) >= 11 is 0. The minimum Gasteiger partial charge on any atom is -0.376 e. The van der Waals surface area contributed by atoms with Gasteiger partial charge in [0.1, 0.15) is 11.4 Å². The normalized spacial score (nSPS) is 22.8. The van der Waals surface area contributed by atoms with Crippen LogP contribution in [0.2, 0.25) is 0 Å². The number of nitrogens with one attached hydrogen (secondary N) is 4. The summed E-state index contributed by atoms with van der Waals surface area (Å²) in [4.78, 5) is 42.4. The van der Waals surface area contributed by atoms with Crippen LogP contribution in [0.5, 0.6) is 0 Å². The number of H-pyrrole nitrogens is 2. The Hall–Kier alpha value is -2.83. The monoisotopic (exact) mass is 438 g/mol. The van der Waals surface area contributed by atoms with Crippen molar-refractivity contribution >= 4 is 11.6 Å². The third-order valence-electron chi connectivity index (χ3n) is 7.23. The number of benzene rings is 1. The largest absolute Gasteiger partial charge is 0.376 e.